The Labute approximate surface area is 129 Å². The van der Waals surface area contributed by atoms with E-state index in [4.69, 9.17) is 5.11 Å². The second-order valence-corrected chi connectivity index (χ2v) is 5.62. The van der Waals surface area contributed by atoms with Crippen LogP contribution in [-0.2, 0) is 4.79 Å². The zero-order chi connectivity index (χ0) is 15.8. The average molecular weight is 296 g/mol. The Bertz CT molecular complexity index is 295. The first-order valence-electron chi connectivity index (χ1n) is 8.41. The van der Waals surface area contributed by atoms with Gasteiger partial charge in [-0.1, -0.05) is 70.1 Å². The second kappa shape index (κ2) is 15.3. The smallest absolute Gasteiger partial charge is 0.328 e. The maximum atomic E-state index is 10.2. The van der Waals surface area contributed by atoms with Gasteiger partial charge in [0.1, 0.15) is 0 Å². The van der Waals surface area contributed by atoms with Crippen LogP contribution >= 0.6 is 0 Å². The van der Waals surface area contributed by atoms with E-state index in [1.54, 1.807) is 12.2 Å². The van der Waals surface area contributed by atoms with E-state index in [-0.39, 0.29) is 6.10 Å². The number of aliphatic hydroxyl groups is 1. The summed E-state index contributed by atoms with van der Waals surface area (Å²) in [7, 11) is 0. The van der Waals surface area contributed by atoms with Crippen LogP contribution in [0.15, 0.2) is 24.3 Å². The molecule has 122 valence electrons. The van der Waals surface area contributed by atoms with E-state index in [0.717, 1.165) is 44.6 Å². The van der Waals surface area contributed by atoms with E-state index in [1.807, 2.05) is 6.08 Å². The molecule has 1 atom stereocenters. The molecule has 0 aromatic heterocycles. The van der Waals surface area contributed by atoms with Gasteiger partial charge in [0, 0.05) is 6.08 Å². The number of aliphatic carboxylic acids is 1. The molecule has 0 radical (unpaired) electrons. The van der Waals surface area contributed by atoms with Gasteiger partial charge in [0.25, 0.3) is 0 Å². The van der Waals surface area contributed by atoms with Crippen molar-refractivity contribution < 1.29 is 15.0 Å². The molecule has 0 amide bonds. The number of unbranched alkanes of at least 4 members (excludes halogenated alkanes) is 7. The molecule has 0 unspecified atom stereocenters. The molecule has 0 bridgehead atoms. The minimum atomic E-state index is -0.906. The number of allylic oxidation sites excluding steroid dienone is 3. The van der Waals surface area contributed by atoms with Gasteiger partial charge in [-0.3, -0.25) is 0 Å². The van der Waals surface area contributed by atoms with Crippen LogP contribution in [-0.4, -0.2) is 22.3 Å². The molecular weight excluding hydrogens is 264 g/mol. The van der Waals surface area contributed by atoms with Crippen molar-refractivity contribution in [1.82, 2.24) is 0 Å². The third-order valence-corrected chi connectivity index (χ3v) is 3.54. The molecule has 0 aromatic carbocycles. The highest BCUT2D eigenvalue weighted by atomic mass is 16.4. The van der Waals surface area contributed by atoms with Gasteiger partial charge in [-0.05, 0) is 25.7 Å². The lowest BCUT2D eigenvalue weighted by Gasteiger charge is -2.09. The molecule has 0 aromatic rings. The lowest BCUT2D eigenvalue weighted by molar-refractivity contribution is -0.131. The average Bonchev–Trinajstić information content (AvgIpc) is 2.44. The number of hydrogen-bond acceptors (Lipinski definition) is 2. The van der Waals surface area contributed by atoms with Crippen LogP contribution in [0, 0.1) is 0 Å². The summed E-state index contributed by atoms with van der Waals surface area (Å²) in [5.74, 6) is -0.906. The molecule has 0 rings (SSSR count). The van der Waals surface area contributed by atoms with Crippen LogP contribution in [0.25, 0.3) is 0 Å². The van der Waals surface area contributed by atoms with Gasteiger partial charge in [-0.2, -0.15) is 0 Å². The second-order valence-electron chi connectivity index (χ2n) is 5.62. The fourth-order valence-electron chi connectivity index (χ4n) is 2.26. The predicted octanol–water partition coefficient (Wildman–Crippen LogP) is 4.86. The van der Waals surface area contributed by atoms with Crippen molar-refractivity contribution in [3.05, 3.63) is 24.3 Å². The highest BCUT2D eigenvalue weighted by Gasteiger charge is 2.02. The lowest BCUT2D eigenvalue weighted by atomic mass is 10.0. The predicted molar refractivity (Wildman–Crippen MR) is 88.4 cm³/mol. The molecule has 0 saturated carbocycles. The zero-order valence-electron chi connectivity index (χ0n) is 13.5. The third-order valence-electron chi connectivity index (χ3n) is 3.54. The van der Waals surface area contributed by atoms with Crippen LogP contribution in [0.4, 0.5) is 0 Å². The van der Waals surface area contributed by atoms with Gasteiger partial charge in [0.05, 0.1) is 6.10 Å². The van der Waals surface area contributed by atoms with E-state index in [1.165, 1.54) is 32.1 Å². The third kappa shape index (κ3) is 16.9. The topological polar surface area (TPSA) is 57.5 Å². The van der Waals surface area contributed by atoms with Gasteiger partial charge in [0.2, 0.25) is 0 Å². The molecule has 0 fully saturated rings. The van der Waals surface area contributed by atoms with Crippen molar-refractivity contribution in [3.8, 4) is 0 Å². The summed E-state index contributed by atoms with van der Waals surface area (Å²) in [5, 5.41) is 18.2. The number of rotatable bonds is 14. The largest absolute Gasteiger partial charge is 0.478 e. The van der Waals surface area contributed by atoms with Gasteiger partial charge in [-0.25, -0.2) is 4.79 Å². The number of carboxylic acids is 1. The highest BCUT2D eigenvalue weighted by Crippen LogP contribution is 2.12. The van der Waals surface area contributed by atoms with Crippen molar-refractivity contribution in [2.24, 2.45) is 0 Å². The first-order valence-corrected chi connectivity index (χ1v) is 8.41. The minimum Gasteiger partial charge on any atom is -0.478 e. The lowest BCUT2D eigenvalue weighted by Crippen LogP contribution is -2.05. The Morgan fingerprint density at radius 2 is 1.57 bits per heavy atom. The monoisotopic (exact) mass is 296 g/mol. The molecule has 0 heterocycles. The van der Waals surface area contributed by atoms with Crippen molar-refractivity contribution >= 4 is 5.97 Å². The van der Waals surface area contributed by atoms with Crippen LogP contribution in [0.3, 0.4) is 0 Å². The van der Waals surface area contributed by atoms with Crippen molar-refractivity contribution in [3.63, 3.8) is 0 Å². The first-order chi connectivity index (χ1) is 10.2. The minimum absolute atomic E-state index is 0.0968. The Morgan fingerprint density at radius 3 is 2.24 bits per heavy atom. The van der Waals surface area contributed by atoms with Crippen LogP contribution < -0.4 is 0 Å². The molecule has 0 aliphatic heterocycles. The quantitative estimate of drug-likeness (QED) is 0.273. The number of aliphatic hydroxyl groups excluding tert-OH is 1. The SMILES string of the molecule is CCCCC[C@@H](O)CCCCCCC/C=C\C=C\C(=O)O. The molecule has 0 saturated heterocycles. The van der Waals surface area contributed by atoms with Gasteiger partial charge >= 0.3 is 5.97 Å². The molecular formula is C18H32O3. The zero-order valence-corrected chi connectivity index (χ0v) is 13.5. The van der Waals surface area contributed by atoms with E-state index in [2.05, 4.69) is 6.92 Å². The Balaban J connectivity index is 3.27. The number of carboxylic acid groups (broad SMARTS) is 1. The fraction of sp³-hybridized carbons (Fsp3) is 0.722. The van der Waals surface area contributed by atoms with Crippen LogP contribution in [0.2, 0.25) is 0 Å². The van der Waals surface area contributed by atoms with E-state index < -0.39 is 5.97 Å². The molecule has 21 heavy (non-hydrogen) atoms. The summed E-state index contributed by atoms with van der Waals surface area (Å²) in [6.07, 6.45) is 18.8. The van der Waals surface area contributed by atoms with Crippen molar-refractivity contribution in [2.75, 3.05) is 0 Å². The maximum absolute atomic E-state index is 10.2. The van der Waals surface area contributed by atoms with Gasteiger partial charge < -0.3 is 10.2 Å². The van der Waals surface area contributed by atoms with E-state index >= 15 is 0 Å². The molecule has 0 aliphatic rings. The summed E-state index contributed by atoms with van der Waals surface area (Å²) >= 11 is 0. The molecule has 2 N–H and O–H groups in total. The normalized spacial score (nSPS) is 13.2. The van der Waals surface area contributed by atoms with Gasteiger partial charge in [-0.15, -0.1) is 0 Å². The summed E-state index contributed by atoms with van der Waals surface area (Å²) in [4.78, 5) is 10.2. The molecule has 0 spiro atoms. The summed E-state index contributed by atoms with van der Waals surface area (Å²) in [5.41, 5.74) is 0. The van der Waals surface area contributed by atoms with Crippen molar-refractivity contribution in [2.45, 2.75) is 83.7 Å². The number of hydrogen-bond donors (Lipinski definition) is 2. The summed E-state index contributed by atoms with van der Waals surface area (Å²) in [6, 6.07) is 0. The Kier molecular flexibility index (Phi) is 14.5. The highest BCUT2D eigenvalue weighted by molar-refractivity contribution is 5.80. The number of carbonyl (C=O) groups is 1. The fourth-order valence-corrected chi connectivity index (χ4v) is 2.26. The Hall–Kier alpha value is -1.09. The maximum Gasteiger partial charge on any atom is 0.328 e. The van der Waals surface area contributed by atoms with Crippen molar-refractivity contribution in [1.29, 1.82) is 0 Å². The van der Waals surface area contributed by atoms with Gasteiger partial charge in [0.15, 0.2) is 0 Å². The molecule has 0 aliphatic carbocycles. The van der Waals surface area contributed by atoms with Crippen LogP contribution in [0.5, 0.6) is 0 Å². The summed E-state index contributed by atoms with van der Waals surface area (Å²) in [6.45, 7) is 2.18. The molecule has 3 nitrogen and oxygen atoms in total. The van der Waals surface area contributed by atoms with E-state index in [9.17, 15) is 9.90 Å². The van der Waals surface area contributed by atoms with E-state index in [0.29, 0.717) is 0 Å². The summed E-state index contributed by atoms with van der Waals surface area (Å²) < 4.78 is 0. The van der Waals surface area contributed by atoms with Crippen LogP contribution in [0.1, 0.15) is 77.6 Å². The first kappa shape index (κ1) is 19.9. The molecule has 3 heteroatoms. The standard InChI is InChI=1S/C18H32O3/c1-2-3-11-14-17(19)15-12-9-7-5-4-6-8-10-13-16-18(20)21/h8,10,13,16-17,19H,2-7,9,11-12,14-15H2,1H3,(H,20,21)/b10-8-,16-13+/t17-/m1/s1. The Morgan fingerprint density at radius 1 is 0.952 bits per heavy atom.